The normalized spacial score (nSPS) is 10.2. The van der Waals surface area contributed by atoms with E-state index in [9.17, 15) is 14.9 Å². The van der Waals surface area contributed by atoms with E-state index in [-0.39, 0.29) is 17.3 Å². The SMILES string of the molecule is Cc1nnsc1C(=O)Nc1ccc([N+](=O)[O-])c(N)n1. The largest absolute Gasteiger partial charge is 0.378 e. The third-order valence-electron chi connectivity index (χ3n) is 2.20. The van der Waals surface area contributed by atoms with Crippen LogP contribution in [0.25, 0.3) is 0 Å². The Morgan fingerprint density at radius 2 is 2.26 bits per heavy atom. The Balaban J connectivity index is 2.21. The van der Waals surface area contributed by atoms with Gasteiger partial charge in [-0.05, 0) is 24.5 Å². The summed E-state index contributed by atoms with van der Waals surface area (Å²) in [7, 11) is 0. The molecule has 0 aromatic carbocycles. The molecule has 0 atom stereocenters. The monoisotopic (exact) mass is 280 g/mol. The van der Waals surface area contributed by atoms with E-state index in [0.717, 1.165) is 11.5 Å². The number of nitrogen functional groups attached to an aromatic ring is 1. The Kier molecular flexibility index (Phi) is 3.33. The van der Waals surface area contributed by atoms with Crippen LogP contribution in [0.1, 0.15) is 15.4 Å². The highest BCUT2D eigenvalue weighted by Gasteiger charge is 2.16. The first-order valence-electron chi connectivity index (χ1n) is 5.00. The maximum Gasteiger partial charge on any atom is 0.311 e. The number of nitro groups is 1. The zero-order chi connectivity index (χ0) is 14.0. The third kappa shape index (κ3) is 2.63. The van der Waals surface area contributed by atoms with Crippen LogP contribution in [-0.2, 0) is 0 Å². The number of carbonyl (C=O) groups excluding carboxylic acids is 1. The van der Waals surface area contributed by atoms with Gasteiger partial charge in [0.25, 0.3) is 5.91 Å². The van der Waals surface area contributed by atoms with Gasteiger partial charge in [-0.2, -0.15) is 0 Å². The summed E-state index contributed by atoms with van der Waals surface area (Å²) in [4.78, 5) is 25.8. The van der Waals surface area contributed by atoms with E-state index in [0.29, 0.717) is 10.6 Å². The molecule has 0 unspecified atom stereocenters. The fourth-order valence-corrected chi connectivity index (χ4v) is 1.86. The molecule has 2 rings (SSSR count). The molecule has 0 aliphatic heterocycles. The molecule has 0 aliphatic carbocycles. The highest BCUT2D eigenvalue weighted by molar-refractivity contribution is 7.08. The Bertz CT molecular complexity index is 655. The molecule has 0 radical (unpaired) electrons. The minimum atomic E-state index is -0.648. The van der Waals surface area contributed by atoms with Crippen molar-refractivity contribution in [3.05, 3.63) is 32.8 Å². The summed E-state index contributed by atoms with van der Waals surface area (Å²) >= 11 is 0.949. The van der Waals surface area contributed by atoms with Gasteiger partial charge in [-0.1, -0.05) is 4.49 Å². The van der Waals surface area contributed by atoms with Crippen LogP contribution in [0.2, 0.25) is 0 Å². The molecule has 1 amide bonds. The average molecular weight is 280 g/mol. The van der Waals surface area contributed by atoms with E-state index in [4.69, 9.17) is 5.73 Å². The van der Waals surface area contributed by atoms with Crippen molar-refractivity contribution in [2.75, 3.05) is 11.1 Å². The van der Waals surface area contributed by atoms with Crippen LogP contribution < -0.4 is 11.1 Å². The van der Waals surface area contributed by atoms with E-state index >= 15 is 0 Å². The minimum absolute atomic E-state index is 0.126. The fraction of sp³-hybridized carbons (Fsp3) is 0.111. The summed E-state index contributed by atoms with van der Waals surface area (Å²) in [6, 6.07) is 2.48. The molecule has 0 fully saturated rings. The van der Waals surface area contributed by atoms with Gasteiger partial charge >= 0.3 is 5.69 Å². The van der Waals surface area contributed by atoms with Gasteiger partial charge in [0.2, 0.25) is 5.82 Å². The van der Waals surface area contributed by atoms with Crippen LogP contribution in [0, 0.1) is 17.0 Å². The first-order chi connectivity index (χ1) is 8.99. The highest BCUT2D eigenvalue weighted by atomic mass is 32.1. The summed E-state index contributed by atoms with van der Waals surface area (Å²) < 4.78 is 3.64. The molecule has 3 N–H and O–H groups in total. The standard InChI is InChI=1S/C9H8N6O3S/c1-4-7(19-14-13-4)9(16)12-6-3-2-5(15(17)18)8(10)11-6/h2-3H,1H3,(H3,10,11,12,16). The van der Waals surface area contributed by atoms with Gasteiger partial charge in [0.1, 0.15) is 10.7 Å². The Hall–Kier alpha value is -2.62. The van der Waals surface area contributed by atoms with Gasteiger partial charge in [-0.15, -0.1) is 5.10 Å². The number of amides is 1. The van der Waals surface area contributed by atoms with Gasteiger partial charge in [0, 0.05) is 6.07 Å². The van der Waals surface area contributed by atoms with Crippen molar-refractivity contribution in [1.82, 2.24) is 14.6 Å². The van der Waals surface area contributed by atoms with Crippen molar-refractivity contribution in [1.29, 1.82) is 0 Å². The molecule has 0 bridgehead atoms. The molecule has 98 valence electrons. The van der Waals surface area contributed by atoms with Gasteiger partial charge in [0.15, 0.2) is 0 Å². The highest BCUT2D eigenvalue weighted by Crippen LogP contribution is 2.21. The summed E-state index contributed by atoms with van der Waals surface area (Å²) in [5, 5.41) is 16.7. The number of nitrogens with zero attached hydrogens (tertiary/aromatic N) is 4. The average Bonchev–Trinajstić information content (AvgIpc) is 2.75. The lowest BCUT2D eigenvalue weighted by molar-refractivity contribution is -0.384. The molecule has 2 aromatic rings. The lowest BCUT2D eigenvalue weighted by Crippen LogP contribution is -2.13. The zero-order valence-electron chi connectivity index (χ0n) is 9.65. The molecule has 9 nitrogen and oxygen atoms in total. The predicted molar refractivity (Wildman–Crippen MR) is 67.9 cm³/mol. The summed E-state index contributed by atoms with van der Waals surface area (Å²) in [6.45, 7) is 1.65. The van der Waals surface area contributed by atoms with Crippen LogP contribution in [0.15, 0.2) is 12.1 Å². The molecule has 0 aliphatic rings. The van der Waals surface area contributed by atoms with Crippen LogP contribution >= 0.6 is 11.5 Å². The van der Waals surface area contributed by atoms with E-state index in [1.165, 1.54) is 12.1 Å². The summed E-state index contributed by atoms with van der Waals surface area (Å²) in [5.74, 6) is -0.573. The van der Waals surface area contributed by atoms with Gasteiger partial charge in [-0.3, -0.25) is 14.9 Å². The molecule has 0 saturated carbocycles. The number of nitrogens with one attached hydrogen (secondary N) is 1. The number of rotatable bonds is 3. The molecular formula is C9H8N6O3S. The molecule has 2 heterocycles. The number of aromatic nitrogens is 3. The van der Waals surface area contributed by atoms with Crippen LogP contribution in [0.5, 0.6) is 0 Å². The number of hydrogen-bond donors (Lipinski definition) is 2. The minimum Gasteiger partial charge on any atom is -0.378 e. The Morgan fingerprint density at radius 1 is 1.53 bits per heavy atom. The first kappa shape index (κ1) is 12.8. The molecule has 0 saturated heterocycles. The first-order valence-corrected chi connectivity index (χ1v) is 5.77. The fourth-order valence-electron chi connectivity index (χ4n) is 1.30. The van der Waals surface area contributed by atoms with Crippen LogP contribution in [-0.4, -0.2) is 25.4 Å². The van der Waals surface area contributed by atoms with E-state index < -0.39 is 10.8 Å². The molecule has 10 heteroatoms. The third-order valence-corrected chi connectivity index (χ3v) is 3.03. The van der Waals surface area contributed by atoms with Gasteiger partial charge in [0.05, 0.1) is 10.6 Å². The zero-order valence-corrected chi connectivity index (χ0v) is 10.5. The lowest BCUT2D eigenvalue weighted by Gasteiger charge is -2.03. The number of anilines is 2. The smallest absolute Gasteiger partial charge is 0.311 e. The van der Waals surface area contributed by atoms with E-state index in [1.807, 2.05) is 0 Å². The molecular weight excluding hydrogens is 272 g/mol. The Morgan fingerprint density at radius 3 is 2.79 bits per heavy atom. The van der Waals surface area contributed by atoms with Crippen molar-refractivity contribution >= 4 is 34.8 Å². The van der Waals surface area contributed by atoms with Crippen molar-refractivity contribution in [2.45, 2.75) is 6.92 Å². The predicted octanol–water partition coefficient (Wildman–Crippen LogP) is 0.984. The van der Waals surface area contributed by atoms with Crippen molar-refractivity contribution in [3.8, 4) is 0 Å². The van der Waals surface area contributed by atoms with Gasteiger partial charge in [-0.25, -0.2) is 4.98 Å². The summed E-state index contributed by atoms with van der Waals surface area (Å²) in [5.41, 5.74) is 5.61. The second kappa shape index (κ2) is 4.94. The number of hydrogen-bond acceptors (Lipinski definition) is 8. The molecule has 0 spiro atoms. The maximum absolute atomic E-state index is 11.8. The summed E-state index contributed by atoms with van der Waals surface area (Å²) in [6.07, 6.45) is 0. The molecule has 19 heavy (non-hydrogen) atoms. The van der Waals surface area contributed by atoms with Crippen molar-refractivity contribution in [2.24, 2.45) is 0 Å². The van der Waals surface area contributed by atoms with E-state index in [1.54, 1.807) is 6.92 Å². The second-order valence-electron chi connectivity index (χ2n) is 3.50. The van der Waals surface area contributed by atoms with Crippen LogP contribution in [0.3, 0.4) is 0 Å². The Labute approximate surface area is 110 Å². The topological polar surface area (TPSA) is 137 Å². The van der Waals surface area contributed by atoms with Crippen molar-refractivity contribution in [3.63, 3.8) is 0 Å². The number of nitrogens with two attached hydrogens (primary N) is 1. The van der Waals surface area contributed by atoms with Crippen molar-refractivity contribution < 1.29 is 9.72 Å². The number of carbonyl (C=O) groups is 1. The van der Waals surface area contributed by atoms with E-state index in [2.05, 4.69) is 19.9 Å². The van der Waals surface area contributed by atoms with Crippen LogP contribution in [0.4, 0.5) is 17.3 Å². The second-order valence-corrected chi connectivity index (χ2v) is 4.25. The molecule has 2 aromatic heterocycles. The maximum atomic E-state index is 11.8. The number of aryl methyl sites for hydroxylation is 1. The lowest BCUT2D eigenvalue weighted by atomic mass is 10.3. The number of pyridine rings is 1. The quantitative estimate of drug-likeness (QED) is 0.631. The van der Waals surface area contributed by atoms with Gasteiger partial charge < -0.3 is 11.1 Å².